The lowest BCUT2D eigenvalue weighted by atomic mass is 9.81. The summed E-state index contributed by atoms with van der Waals surface area (Å²) < 4.78 is 0. The number of thioether (sulfide) groups is 1. The zero-order valence-electron chi connectivity index (χ0n) is 15.7. The Morgan fingerprint density at radius 2 is 1.89 bits per heavy atom. The molecule has 27 heavy (non-hydrogen) atoms. The van der Waals surface area contributed by atoms with Gasteiger partial charge in [0.15, 0.2) is 5.16 Å². The van der Waals surface area contributed by atoms with Crippen LogP contribution in [0.25, 0.3) is 22.2 Å². The summed E-state index contributed by atoms with van der Waals surface area (Å²) in [6.07, 6.45) is 1.89. The van der Waals surface area contributed by atoms with E-state index in [4.69, 9.17) is 11.5 Å². The van der Waals surface area contributed by atoms with Gasteiger partial charge in [0.2, 0.25) is 0 Å². The molecule has 140 valence electrons. The minimum absolute atomic E-state index is 0.116. The van der Waals surface area contributed by atoms with Crippen molar-refractivity contribution in [2.45, 2.75) is 31.3 Å². The van der Waals surface area contributed by atoms with E-state index >= 15 is 0 Å². The van der Waals surface area contributed by atoms with Crippen molar-refractivity contribution in [2.24, 2.45) is 5.73 Å². The summed E-state index contributed by atoms with van der Waals surface area (Å²) in [5.74, 6) is -0.472. The van der Waals surface area contributed by atoms with Gasteiger partial charge in [0.1, 0.15) is 5.75 Å². The van der Waals surface area contributed by atoms with Crippen molar-refractivity contribution in [3.05, 3.63) is 41.5 Å². The van der Waals surface area contributed by atoms with Gasteiger partial charge in [-0.25, -0.2) is 9.97 Å². The Hall–Kier alpha value is -2.80. The fourth-order valence-electron chi connectivity index (χ4n) is 3.12. The van der Waals surface area contributed by atoms with Crippen LogP contribution in [0.5, 0.6) is 5.75 Å². The molecule has 0 aliphatic rings. The van der Waals surface area contributed by atoms with Crippen molar-refractivity contribution in [3.8, 4) is 17.0 Å². The maximum absolute atomic E-state index is 12.2. The molecule has 0 spiro atoms. The van der Waals surface area contributed by atoms with E-state index in [9.17, 15) is 9.90 Å². The molecule has 3 rings (SSSR count). The number of aromatic nitrogens is 2. The van der Waals surface area contributed by atoms with E-state index in [0.29, 0.717) is 27.3 Å². The number of amides is 1. The SMILES string of the molecule is CSc1nc(-c2cccc(O)c2)c2c(N)c(C(N)=O)c(C(C)(C)C)cc2n1. The zero-order chi connectivity index (χ0) is 19.9. The first kappa shape index (κ1) is 19.0. The molecule has 0 aliphatic carbocycles. The number of benzene rings is 2. The second-order valence-corrected chi connectivity index (χ2v) is 8.10. The number of nitrogens with zero attached hydrogens (tertiary/aromatic N) is 2. The van der Waals surface area contributed by atoms with Gasteiger partial charge in [0.25, 0.3) is 5.91 Å². The molecule has 2 aromatic carbocycles. The van der Waals surface area contributed by atoms with Crippen LogP contribution in [0.15, 0.2) is 35.5 Å². The highest BCUT2D eigenvalue weighted by atomic mass is 32.2. The smallest absolute Gasteiger partial charge is 0.251 e. The number of aromatic hydroxyl groups is 1. The number of primary amides is 1. The van der Waals surface area contributed by atoms with E-state index in [1.54, 1.807) is 18.2 Å². The normalized spacial score (nSPS) is 11.7. The van der Waals surface area contributed by atoms with Crippen LogP contribution in [0, 0.1) is 0 Å². The molecular formula is C20H22N4O2S. The fraction of sp³-hybridized carbons (Fsp3) is 0.250. The second kappa shape index (κ2) is 6.74. The molecule has 0 atom stereocenters. The molecule has 0 saturated heterocycles. The number of hydrogen-bond donors (Lipinski definition) is 3. The molecule has 0 saturated carbocycles. The lowest BCUT2D eigenvalue weighted by Gasteiger charge is -2.24. The summed E-state index contributed by atoms with van der Waals surface area (Å²) in [6, 6.07) is 8.60. The molecular weight excluding hydrogens is 360 g/mol. The highest BCUT2D eigenvalue weighted by molar-refractivity contribution is 7.98. The van der Waals surface area contributed by atoms with Crippen molar-refractivity contribution in [2.75, 3.05) is 12.0 Å². The number of carbonyl (C=O) groups excluding carboxylic acids is 1. The molecule has 0 bridgehead atoms. The van der Waals surface area contributed by atoms with E-state index in [1.807, 2.05) is 39.2 Å². The highest BCUT2D eigenvalue weighted by Gasteiger charge is 2.27. The van der Waals surface area contributed by atoms with Crippen LogP contribution in [-0.2, 0) is 5.41 Å². The Morgan fingerprint density at radius 1 is 1.19 bits per heavy atom. The third-order valence-electron chi connectivity index (χ3n) is 4.36. The molecule has 1 heterocycles. The van der Waals surface area contributed by atoms with Crippen LogP contribution in [0.2, 0.25) is 0 Å². The fourth-order valence-corrected chi connectivity index (χ4v) is 3.49. The number of hydrogen-bond acceptors (Lipinski definition) is 6. The number of nitrogen functional groups attached to an aromatic ring is 1. The number of phenols is 1. The maximum Gasteiger partial charge on any atom is 0.251 e. The average molecular weight is 382 g/mol. The van der Waals surface area contributed by atoms with Gasteiger partial charge in [0, 0.05) is 5.56 Å². The number of phenolic OH excluding ortho intramolecular Hbond substituents is 1. The zero-order valence-corrected chi connectivity index (χ0v) is 16.5. The summed E-state index contributed by atoms with van der Waals surface area (Å²) >= 11 is 1.41. The first-order valence-corrected chi connectivity index (χ1v) is 9.64. The van der Waals surface area contributed by atoms with E-state index in [0.717, 1.165) is 5.56 Å². The van der Waals surface area contributed by atoms with Crippen LogP contribution < -0.4 is 11.5 Å². The van der Waals surface area contributed by atoms with Gasteiger partial charge >= 0.3 is 0 Å². The van der Waals surface area contributed by atoms with E-state index in [2.05, 4.69) is 9.97 Å². The Bertz CT molecular complexity index is 1060. The van der Waals surface area contributed by atoms with Crippen molar-refractivity contribution >= 4 is 34.3 Å². The number of nitrogens with two attached hydrogens (primary N) is 2. The van der Waals surface area contributed by atoms with Crippen LogP contribution in [-0.4, -0.2) is 27.2 Å². The molecule has 0 unspecified atom stereocenters. The Morgan fingerprint density at radius 3 is 2.44 bits per heavy atom. The van der Waals surface area contributed by atoms with Gasteiger partial charge in [-0.3, -0.25) is 4.79 Å². The van der Waals surface area contributed by atoms with Crippen LogP contribution in [0.3, 0.4) is 0 Å². The van der Waals surface area contributed by atoms with Crippen molar-refractivity contribution in [1.82, 2.24) is 9.97 Å². The Labute approximate surface area is 162 Å². The molecule has 7 heteroatoms. The summed E-state index contributed by atoms with van der Waals surface area (Å²) in [7, 11) is 0. The molecule has 3 aromatic rings. The minimum Gasteiger partial charge on any atom is -0.508 e. The van der Waals surface area contributed by atoms with Crippen LogP contribution in [0.1, 0.15) is 36.7 Å². The van der Waals surface area contributed by atoms with Gasteiger partial charge in [-0.15, -0.1) is 0 Å². The number of rotatable bonds is 3. The summed E-state index contributed by atoms with van der Waals surface area (Å²) in [6.45, 7) is 5.98. The van der Waals surface area contributed by atoms with Gasteiger partial charge in [0.05, 0.1) is 27.8 Å². The molecule has 5 N–H and O–H groups in total. The van der Waals surface area contributed by atoms with Crippen molar-refractivity contribution in [1.29, 1.82) is 0 Å². The van der Waals surface area contributed by atoms with Crippen molar-refractivity contribution in [3.63, 3.8) is 0 Å². The lowest BCUT2D eigenvalue weighted by molar-refractivity contribution is 0.0999. The topological polar surface area (TPSA) is 115 Å². The van der Waals surface area contributed by atoms with Crippen LogP contribution in [0.4, 0.5) is 5.69 Å². The first-order valence-electron chi connectivity index (χ1n) is 8.41. The Balaban J connectivity index is 2.50. The number of anilines is 1. The van der Waals surface area contributed by atoms with E-state index in [1.165, 1.54) is 11.8 Å². The van der Waals surface area contributed by atoms with Gasteiger partial charge < -0.3 is 16.6 Å². The molecule has 1 aromatic heterocycles. The maximum atomic E-state index is 12.2. The van der Waals surface area contributed by atoms with Crippen molar-refractivity contribution < 1.29 is 9.90 Å². The summed E-state index contributed by atoms with van der Waals surface area (Å²) in [4.78, 5) is 21.4. The lowest BCUT2D eigenvalue weighted by Crippen LogP contribution is -2.23. The monoisotopic (exact) mass is 382 g/mol. The average Bonchev–Trinajstić information content (AvgIpc) is 2.59. The minimum atomic E-state index is -0.588. The summed E-state index contributed by atoms with van der Waals surface area (Å²) in [5.41, 5.74) is 14.9. The third kappa shape index (κ3) is 3.42. The predicted molar refractivity (Wildman–Crippen MR) is 110 cm³/mol. The molecule has 1 amide bonds. The second-order valence-electron chi connectivity index (χ2n) is 7.33. The Kier molecular flexibility index (Phi) is 4.73. The largest absolute Gasteiger partial charge is 0.508 e. The number of fused-ring (bicyclic) bond motifs is 1. The molecule has 0 radical (unpaired) electrons. The predicted octanol–water partition coefficient (Wildman–Crippen LogP) is 3.70. The standard InChI is InChI=1S/C20H22N4O2S/c1-20(2,3)12-9-13-15(16(21)14(12)18(22)26)17(24-19(23-13)27-4)10-6-5-7-11(25)8-10/h5-9,25H,21H2,1-4H3,(H2,22,26). The third-order valence-corrected chi connectivity index (χ3v) is 4.91. The van der Waals surface area contributed by atoms with Gasteiger partial charge in [-0.2, -0.15) is 0 Å². The number of carbonyl (C=O) groups is 1. The van der Waals surface area contributed by atoms with E-state index in [-0.39, 0.29) is 22.4 Å². The molecule has 0 aliphatic heterocycles. The van der Waals surface area contributed by atoms with Crippen LogP contribution >= 0.6 is 11.8 Å². The quantitative estimate of drug-likeness (QED) is 0.361. The van der Waals surface area contributed by atoms with Gasteiger partial charge in [-0.05, 0) is 35.4 Å². The molecule has 6 nitrogen and oxygen atoms in total. The first-order chi connectivity index (χ1) is 12.6. The highest BCUT2D eigenvalue weighted by Crippen LogP contribution is 2.39. The van der Waals surface area contributed by atoms with E-state index < -0.39 is 5.91 Å². The van der Waals surface area contributed by atoms with Gasteiger partial charge in [-0.1, -0.05) is 44.7 Å². The molecule has 0 fully saturated rings. The summed E-state index contributed by atoms with van der Waals surface area (Å²) in [5, 5.41) is 11.0.